The van der Waals surface area contributed by atoms with Crippen LogP contribution in [0.3, 0.4) is 0 Å². The van der Waals surface area contributed by atoms with E-state index < -0.39 is 58.1 Å². The summed E-state index contributed by atoms with van der Waals surface area (Å²) in [6.07, 6.45) is 5.62. The van der Waals surface area contributed by atoms with E-state index in [0.717, 1.165) is 36.5 Å². The number of aromatic nitrogens is 6. The predicted molar refractivity (Wildman–Crippen MR) is 312 cm³/mol. The number of piperazine rings is 1. The molecule has 2 saturated heterocycles. The maximum atomic E-state index is 16.8. The van der Waals surface area contributed by atoms with Crippen LogP contribution in [-0.2, 0) is 4.74 Å². The molecule has 0 radical (unpaired) electrons. The van der Waals surface area contributed by atoms with E-state index in [1.807, 2.05) is 51.3 Å². The van der Waals surface area contributed by atoms with Gasteiger partial charge in [-0.3, -0.25) is 19.1 Å². The number of fused-ring (bicyclic) bond motifs is 4. The SMILES string of the molecule is COc1cccc(F)c1-c1cc2c3c(nc(=O)n2-c2c(C)ccnc2C(C)C)N2CCN(C(=O)OC(C)(C)C)C[C@@H]2COc3c1F.Cc1ccnc(C(C)C)c1-n1c(=O)nc2c3c(c(F)c(-c4c(O)cccc4F)cc31)OC[C@H]1CCCCN21. The Balaban J connectivity index is 0.000000178. The van der Waals surface area contributed by atoms with E-state index in [-0.39, 0.29) is 93.9 Å². The first kappa shape index (κ1) is 57.1. The van der Waals surface area contributed by atoms with Crippen LogP contribution in [0.5, 0.6) is 23.0 Å². The number of hydrogen-bond donors (Lipinski definition) is 1. The van der Waals surface area contributed by atoms with Gasteiger partial charge >= 0.3 is 17.5 Å². The fourth-order valence-corrected chi connectivity index (χ4v) is 12.0. The van der Waals surface area contributed by atoms with Crippen molar-refractivity contribution in [1.29, 1.82) is 0 Å². The van der Waals surface area contributed by atoms with Crippen molar-refractivity contribution in [3.63, 3.8) is 0 Å². The highest BCUT2D eigenvalue weighted by Gasteiger charge is 2.40. The minimum atomic E-state index is -0.819. The Bertz CT molecular complexity index is 4070. The van der Waals surface area contributed by atoms with Crippen molar-refractivity contribution in [1.82, 2.24) is 34.0 Å². The summed E-state index contributed by atoms with van der Waals surface area (Å²) in [5.41, 5.74) is 1.96. The van der Waals surface area contributed by atoms with Crippen molar-refractivity contribution in [2.75, 3.05) is 56.3 Å². The molecule has 1 amide bonds. The Labute approximate surface area is 482 Å². The molecule has 21 heteroatoms. The van der Waals surface area contributed by atoms with Crippen LogP contribution in [0.4, 0.5) is 34.0 Å². The third kappa shape index (κ3) is 9.93. The maximum Gasteiger partial charge on any atom is 0.410 e. The number of nitrogens with zero attached hydrogens (tertiary/aromatic N) is 9. The molecule has 4 aliphatic rings. The van der Waals surface area contributed by atoms with Gasteiger partial charge in [-0.15, -0.1) is 0 Å². The van der Waals surface area contributed by atoms with Gasteiger partial charge < -0.3 is 38.8 Å². The Hall–Kier alpha value is -8.75. The van der Waals surface area contributed by atoms with Gasteiger partial charge in [0.2, 0.25) is 0 Å². The normalized spacial score (nSPS) is 16.5. The molecule has 8 aromatic rings. The quantitative estimate of drug-likeness (QED) is 0.149. The number of carbonyl (C=O) groups is 1. The van der Waals surface area contributed by atoms with Gasteiger partial charge in [0, 0.05) is 49.7 Å². The molecule has 438 valence electrons. The molecule has 2 fully saturated rings. The molecule has 0 bridgehead atoms. The third-order valence-electron chi connectivity index (χ3n) is 15.8. The topological polar surface area (TPSA) is 180 Å². The summed E-state index contributed by atoms with van der Waals surface area (Å²) >= 11 is 0. The van der Waals surface area contributed by atoms with E-state index in [0.29, 0.717) is 59.1 Å². The number of phenolic OH excluding ortho intramolecular Hbond substituents is 1. The number of carbonyl (C=O) groups excluding carboxylic acids is 1. The first-order valence-electron chi connectivity index (χ1n) is 28.2. The Morgan fingerprint density at radius 2 is 1.20 bits per heavy atom. The van der Waals surface area contributed by atoms with Crippen molar-refractivity contribution in [3.8, 4) is 56.6 Å². The fourth-order valence-electron chi connectivity index (χ4n) is 12.0. The van der Waals surface area contributed by atoms with E-state index >= 15 is 17.6 Å². The minimum Gasteiger partial charge on any atom is -0.507 e. The van der Waals surface area contributed by atoms with Gasteiger partial charge in [0.05, 0.1) is 74.9 Å². The molecule has 12 rings (SSSR count). The summed E-state index contributed by atoms with van der Waals surface area (Å²) in [5.74, 6) is -3.17. The number of methoxy groups -OCH3 is 1. The van der Waals surface area contributed by atoms with Crippen molar-refractivity contribution >= 4 is 39.5 Å². The van der Waals surface area contributed by atoms with Crippen LogP contribution in [0.25, 0.3) is 55.4 Å². The Morgan fingerprint density at radius 3 is 1.73 bits per heavy atom. The van der Waals surface area contributed by atoms with E-state index in [9.17, 15) is 19.5 Å². The zero-order valence-electron chi connectivity index (χ0n) is 48.4. The molecule has 4 aliphatic heterocycles. The Kier molecular flexibility index (Phi) is 15.0. The molecule has 2 atom stereocenters. The largest absolute Gasteiger partial charge is 0.507 e. The van der Waals surface area contributed by atoms with E-state index in [1.165, 1.54) is 52.6 Å². The number of anilines is 2. The van der Waals surface area contributed by atoms with Crippen molar-refractivity contribution in [2.45, 2.75) is 111 Å². The van der Waals surface area contributed by atoms with E-state index in [2.05, 4.69) is 19.9 Å². The number of piperidine rings is 1. The molecule has 84 heavy (non-hydrogen) atoms. The summed E-state index contributed by atoms with van der Waals surface area (Å²) in [5, 5.41) is 11.2. The molecule has 4 aromatic heterocycles. The summed E-state index contributed by atoms with van der Waals surface area (Å²) in [7, 11) is 1.38. The van der Waals surface area contributed by atoms with Gasteiger partial charge in [0.25, 0.3) is 0 Å². The summed E-state index contributed by atoms with van der Waals surface area (Å²) in [4.78, 5) is 64.7. The molecule has 0 aliphatic carbocycles. The van der Waals surface area contributed by atoms with Crippen LogP contribution in [0.1, 0.15) is 102 Å². The molecule has 0 unspecified atom stereocenters. The number of hydrogen-bond acceptors (Lipinski definition) is 14. The number of pyridine rings is 2. The number of phenols is 1. The highest BCUT2D eigenvalue weighted by molar-refractivity contribution is 6.02. The van der Waals surface area contributed by atoms with Gasteiger partial charge in [0.1, 0.15) is 53.6 Å². The second kappa shape index (κ2) is 22.1. The number of benzene rings is 4. The average Bonchev–Trinajstić information content (AvgIpc) is 1.33. The van der Waals surface area contributed by atoms with E-state index in [4.69, 9.17) is 18.9 Å². The van der Waals surface area contributed by atoms with Crippen LogP contribution in [0.2, 0.25) is 0 Å². The average molecular weight is 1150 g/mol. The van der Waals surface area contributed by atoms with Gasteiger partial charge in [-0.1, -0.05) is 39.8 Å². The van der Waals surface area contributed by atoms with Gasteiger partial charge in [0.15, 0.2) is 23.1 Å². The monoisotopic (exact) mass is 1150 g/mol. The van der Waals surface area contributed by atoms with Gasteiger partial charge in [-0.05, 0) is 125 Å². The zero-order valence-corrected chi connectivity index (χ0v) is 48.4. The maximum absolute atomic E-state index is 16.8. The molecule has 0 saturated carbocycles. The number of aryl methyl sites for hydroxylation is 2. The smallest absolute Gasteiger partial charge is 0.410 e. The molecular weight excluding hydrogens is 1090 g/mol. The second-order valence-electron chi connectivity index (χ2n) is 23.3. The number of amides is 1. The van der Waals surface area contributed by atoms with Crippen molar-refractivity contribution < 1.29 is 46.4 Å². The van der Waals surface area contributed by atoms with Crippen LogP contribution < -0.4 is 35.4 Å². The number of rotatable bonds is 7. The molecule has 1 N–H and O–H groups in total. The molecule has 8 heterocycles. The standard InChI is InChI=1S/C34H37F2N5O5.C29H28F2N4O3/c1-18(2)28-29(19(3)11-12-37-28)41-23-15-21(25-22(35)9-8-10-24(25)44-7)27(36)30-26(23)31(38-32(41)42)40-14-13-39(16-20(40)17-45-30)33(43)46-34(4,5)6;1-15(2)25-26(16(3)10-11-32-25)35-20-13-18(22-19(30)8-6-9-21(22)36)24(31)27-23(20)28(33-29(35)37)34-12-5-4-7-17(34)14-38-27/h8-12,15,18,20H,13-14,16-17H2,1-7H3;6,8-11,13,15,17,36H,4-5,7,12,14H2,1-3H3/t20-;17-/m11/s1. The Morgan fingerprint density at radius 1 is 0.690 bits per heavy atom. The lowest BCUT2D eigenvalue weighted by Gasteiger charge is -2.41. The third-order valence-corrected chi connectivity index (χ3v) is 15.8. The summed E-state index contributed by atoms with van der Waals surface area (Å²) in [6.45, 7) is 18.6. The number of ether oxygens (including phenoxy) is 4. The van der Waals surface area contributed by atoms with Crippen LogP contribution in [0.15, 0.2) is 82.6 Å². The van der Waals surface area contributed by atoms with Crippen LogP contribution in [-0.4, -0.2) is 109 Å². The van der Waals surface area contributed by atoms with Crippen LogP contribution >= 0.6 is 0 Å². The lowest BCUT2D eigenvalue weighted by Crippen LogP contribution is -2.57. The number of halogens is 4. The number of aromatic hydroxyl groups is 1. The minimum absolute atomic E-state index is 0.0278. The van der Waals surface area contributed by atoms with E-state index in [1.54, 1.807) is 56.3 Å². The van der Waals surface area contributed by atoms with Crippen molar-refractivity contribution in [3.05, 3.63) is 140 Å². The highest BCUT2D eigenvalue weighted by atomic mass is 19.1. The highest BCUT2D eigenvalue weighted by Crippen LogP contribution is 2.48. The molecule has 0 spiro atoms. The fraction of sp³-hybridized carbons (Fsp3) is 0.381. The second-order valence-corrected chi connectivity index (χ2v) is 23.3. The van der Waals surface area contributed by atoms with Crippen LogP contribution in [0, 0.1) is 37.1 Å². The van der Waals surface area contributed by atoms with Crippen molar-refractivity contribution in [2.24, 2.45) is 0 Å². The summed E-state index contributed by atoms with van der Waals surface area (Å²) < 4.78 is 89.8. The van der Waals surface area contributed by atoms with Gasteiger partial charge in [-0.25, -0.2) is 31.9 Å². The lowest BCUT2D eigenvalue weighted by atomic mass is 9.98. The molecular formula is C63H65F4N9O8. The lowest BCUT2D eigenvalue weighted by molar-refractivity contribution is 0.0201. The van der Waals surface area contributed by atoms with Gasteiger partial charge in [-0.2, -0.15) is 9.97 Å². The predicted octanol–water partition coefficient (Wildman–Crippen LogP) is 11.6. The first-order valence-corrected chi connectivity index (χ1v) is 28.2. The first-order chi connectivity index (χ1) is 40.1. The molecule has 17 nitrogen and oxygen atoms in total. The zero-order chi connectivity index (χ0) is 59.8. The molecule has 4 aromatic carbocycles. The summed E-state index contributed by atoms with van der Waals surface area (Å²) in [6, 6.07) is 14.0.